The van der Waals surface area contributed by atoms with Crippen molar-refractivity contribution in [3.63, 3.8) is 0 Å². The predicted molar refractivity (Wildman–Crippen MR) is 109 cm³/mol. The molecule has 0 aliphatic rings. The van der Waals surface area contributed by atoms with Gasteiger partial charge in [0.2, 0.25) is 0 Å². The maximum atomic E-state index is 12.3. The van der Waals surface area contributed by atoms with Crippen LogP contribution in [0.25, 0.3) is 0 Å². The normalized spacial score (nSPS) is 11.5. The van der Waals surface area contributed by atoms with Gasteiger partial charge in [0.05, 0.1) is 11.8 Å². The Bertz CT molecular complexity index is 763. The molecule has 1 amide bonds. The first-order valence-electron chi connectivity index (χ1n) is 8.04. The van der Waals surface area contributed by atoms with Gasteiger partial charge in [-0.05, 0) is 90.4 Å². The van der Waals surface area contributed by atoms with Crippen molar-refractivity contribution in [1.29, 1.82) is 0 Å². The van der Waals surface area contributed by atoms with Gasteiger partial charge in [0.25, 0.3) is 5.91 Å². The lowest BCUT2D eigenvalue weighted by Gasteiger charge is -2.13. The molecule has 4 nitrogen and oxygen atoms in total. The summed E-state index contributed by atoms with van der Waals surface area (Å²) in [6.45, 7) is 6.07. The predicted octanol–water partition coefficient (Wildman–Crippen LogP) is 5.06. The molecule has 0 aliphatic heterocycles. The van der Waals surface area contributed by atoms with Crippen molar-refractivity contribution < 1.29 is 9.53 Å². The molecule has 2 aromatic carbocycles. The van der Waals surface area contributed by atoms with E-state index in [-0.39, 0.29) is 17.1 Å². The van der Waals surface area contributed by atoms with E-state index in [1.165, 1.54) is 0 Å². The quantitative estimate of drug-likeness (QED) is 0.663. The van der Waals surface area contributed by atoms with Crippen molar-refractivity contribution in [2.24, 2.45) is 0 Å². The number of carbonyl (C=O) groups is 1. The molecule has 0 aromatic heterocycles. The minimum atomic E-state index is -0.268. The molecule has 6 heteroatoms. The van der Waals surface area contributed by atoms with Crippen molar-refractivity contribution in [2.45, 2.75) is 33.3 Å². The van der Waals surface area contributed by atoms with Gasteiger partial charge in [-0.25, -0.2) is 0 Å². The summed E-state index contributed by atoms with van der Waals surface area (Å²) in [7, 11) is 0. The number of anilines is 1. The van der Waals surface area contributed by atoms with Crippen LogP contribution in [0.2, 0.25) is 0 Å². The summed E-state index contributed by atoms with van der Waals surface area (Å²) in [4.78, 5) is 12.3. The molecule has 2 N–H and O–H groups in total. The third-order valence-corrected chi connectivity index (χ3v) is 4.49. The average molecular weight is 421 g/mol. The summed E-state index contributed by atoms with van der Waals surface area (Å²) in [5.41, 5.74) is 2.45. The van der Waals surface area contributed by atoms with Gasteiger partial charge in [-0.15, -0.1) is 0 Å². The third kappa shape index (κ3) is 5.83. The minimum Gasteiger partial charge on any atom is -0.491 e. The Labute approximate surface area is 162 Å². The van der Waals surface area contributed by atoms with Gasteiger partial charge in [-0.3, -0.25) is 10.1 Å². The molecule has 0 bridgehead atoms. The zero-order valence-electron chi connectivity index (χ0n) is 14.4. The van der Waals surface area contributed by atoms with Crippen LogP contribution < -0.4 is 15.4 Å². The molecule has 132 valence electrons. The first-order chi connectivity index (χ1) is 11.9. The monoisotopic (exact) mass is 420 g/mol. The highest BCUT2D eigenvalue weighted by molar-refractivity contribution is 9.10. The Hall–Kier alpha value is -1.92. The first kappa shape index (κ1) is 19.4. The Kier molecular flexibility index (Phi) is 6.96. The molecule has 0 saturated heterocycles. The number of thiocarbonyl (C=S) groups is 1. The SMILES string of the molecule is CCC(C)Oc1ccc(C(=O)NC(=S)Nc2ccc(C)cc2Br)cc1. The second-order valence-electron chi connectivity index (χ2n) is 5.75. The van der Waals surface area contributed by atoms with E-state index >= 15 is 0 Å². The van der Waals surface area contributed by atoms with E-state index < -0.39 is 0 Å². The summed E-state index contributed by atoms with van der Waals surface area (Å²) < 4.78 is 6.59. The summed E-state index contributed by atoms with van der Waals surface area (Å²) >= 11 is 8.69. The van der Waals surface area contributed by atoms with Crippen LogP contribution >= 0.6 is 28.1 Å². The molecule has 0 heterocycles. The Morgan fingerprint density at radius 3 is 2.52 bits per heavy atom. The highest BCUT2D eigenvalue weighted by Gasteiger charge is 2.10. The van der Waals surface area contributed by atoms with E-state index in [0.29, 0.717) is 5.56 Å². The van der Waals surface area contributed by atoms with Crippen LogP contribution in [-0.4, -0.2) is 17.1 Å². The molecule has 2 rings (SSSR count). The first-order valence-corrected chi connectivity index (χ1v) is 9.24. The van der Waals surface area contributed by atoms with Crippen molar-refractivity contribution in [3.05, 3.63) is 58.1 Å². The fourth-order valence-electron chi connectivity index (χ4n) is 2.05. The second-order valence-corrected chi connectivity index (χ2v) is 7.02. The smallest absolute Gasteiger partial charge is 0.257 e. The van der Waals surface area contributed by atoms with Crippen LogP contribution in [0.5, 0.6) is 5.75 Å². The summed E-state index contributed by atoms with van der Waals surface area (Å²) in [5, 5.41) is 5.93. The second kappa shape index (κ2) is 8.97. The van der Waals surface area contributed by atoms with Gasteiger partial charge in [0.15, 0.2) is 5.11 Å². The molecule has 0 radical (unpaired) electrons. The number of amides is 1. The fraction of sp³-hybridized carbons (Fsp3) is 0.263. The Morgan fingerprint density at radius 1 is 1.24 bits per heavy atom. The van der Waals surface area contributed by atoms with Crippen molar-refractivity contribution in [3.8, 4) is 5.75 Å². The third-order valence-electron chi connectivity index (χ3n) is 3.63. The van der Waals surface area contributed by atoms with Crippen LogP contribution in [0.3, 0.4) is 0 Å². The number of nitrogens with one attached hydrogen (secondary N) is 2. The largest absolute Gasteiger partial charge is 0.491 e. The molecular formula is C19H21BrN2O2S. The molecule has 0 spiro atoms. The van der Waals surface area contributed by atoms with E-state index in [1.807, 2.05) is 32.0 Å². The lowest BCUT2D eigenvalue weighted by molar-refractivity contribution is 0.0977. The molecular weight excluding hydrogens is 400 g/mol. The van der Waals surface area contributed by atoms with E-state index in [4.69, 9.17) is 17.0 Å². The van der Waals surface area contributed by atoms with Crippen LogP contribution in [0.15, 0.2) is 46.9 Å². The summed E-state index contributed by atoms with van der Waals surface area (Å²) in [6, 6.07) is 12.9. The molecule has 0 fully saturated rings. The number of hydrogen-bond acceptors (Lipinski definition) is 3. The van der Waals surface area contributed by atoms with Gasteiger partial charge in [0.1, 0.15) is 5.75 Å². The van der Waals surface area contributed by atoms with E-state index in [9.17, 15) is 4.79 Å². The number of aryl methyl sites for hydroxylation is 1. The Morgan fingerprint density at radius 2 is 1.92 bits per heavy atom. The molecule has 1 atom stereocenters. The van der Waals surface area contributed by atoms with E-state index in [2.05, 4.69) is 33.5 Å². The molecule has 25 heavy (non-hydrogen) atoms. The molecule has 1 unspecified atom stereocenters. The van der Waals surface area contributed by atoms with Crippen LogP contribution in [0, 0.1) is 6.92 Å². The number of hydrogen-bond donors (Lipinski definition) is 2. The van der Waals surface area contributed by atoms with Crippen molar-refractivity contribution >= 4 is 44.9 Å². The van der Waals surface area contributed by atoms with Crippen LogP contribution in [0.1, 0.15) is 36.2 Å². The van der Waals surface area contributed by atoms with E-state index in [0.717, 1.165) is 27.9 Å². The highest BCUT2D eigenvalue weighted by Crippen LogP contribution is 2.23. The van der Waals surface area contributed by atoms with Gasteiger partial charge < -0.3 is 10.1 Å². The maximum absolute atomic E-state index is 12.3. The zero-order valence-corrected chi connectivity index (χ0v) is 16.8. The number of ether oxygens (including phenoxy) is 1. The van der Waals surface area contributed by atoms with Gasteiger partial charge in [-0.2, -0.15) is 0 Å². The topological polar surface area (TPSA) is 50.4 Å². The zero-order chi connectivity index (χ0) is 18.4. The number of carbonyl (C=O) groups excluding carboxylic acids is 1. The number of rotatable bonds is 5. The van der Waals surface area contributed by atoms with Gasteiger partial charge >= 0.3 is 0 Å². The van der Waals surface area contributed by atoms with Crippen LogP contribution in [0.4, 0.5) is 5.69 Å². The summed E-state index contributed by atoms with van der Waals surface area (Å²) in [6.07, 6.45) is 1.07. The van der Waals surface area contributed by atoms with Crippen molar-refractivity contribution in [1.82, 2.24) is 5.32 Å². The maximum Gasteiger partial charge on any atom is 0.257 e. The lowest BCUT2D eigenvalue weighted by atomic mass is 10.2. The fourth-order valence-corrected chi connectivity index (χ4v) is 2.85. The minimum absolute atomic E-state index is 0.143. The number of benzene rings is 2. The highest BCUT2D eigenvalue weighted by atomic mass is 79.9. The summed E-state index contributed by atoms with van der Waals surface area (Å²) in [5.74, 6) is 0.478. The molecule has 2 aromatic rings. The van der Waals surface area contributed by atoms with Gasteiger partial charge in [0, 0.05) is 10.0 Å². The molecule has 0 aliphatic carbocycles. The van der Waals surface area contributed by atoms with E-state index in [1.54, 1.807) is 24.3 Å². The average Bonchev–Trinajstić information content (AvgIpc) is 2.57. The van der Waals surface area contributed by atoms with Gasteiger partial charge in [-0.1, -0.05) is 13.0 Å². The van der Waals surface area contributed by atoms with Crippen LogP contribution in [-0.2, 0) is 0 Å². The molecule has 0 saturated carbocycles. The number of halogens is 1. The lowest BCUT2D eigenvalue weighted by Crippen LogP contribution is -2.34. The van der Waals surface area contributed by atoms with Crippen molar-refractivity contribution in [2.75, 3.05) is 5.32 Å². The Balaban J connectivity index is 1.95. The standard InChI is InChI=1S/C19H21BrN2O2S/c1-4-13(3)24-15-8-6-14(7-9-15)18(23)22-19(25)21-17-10-5-12(2)11-16(17)20/h5-11,13H,4H2,1-3H3,(H2,21,22,23,25).